The highest BCUT2D eigenvalue weighted by atomic mass is 32.2. The van der Waals surface area contributed by atoms with E-state index >= 15 is 0 Å². The summed E-state index contributed by atoms with van der Waals surface area (Å²) in [7, 11) is 5.41. The summed E-state index contributed by atoms with van der Waals surface area (Å²) in [6.45, 7) is 1.67. The number of imidazole rings is 1. The van der Waals surface area contributed by atoms with E-state index < -0.39 is 0 Å². The number of urea groups is 1. The lowest BCUT2D eigenvalue weighted by atomic mass is 9.97. The summed E-state index contributed by atoms with van der Waals surface area (Å²) in [5.41, 5.74) is 0.972. The zero-order chi connectivity index (χ0) is 17.0. The molecule has 0 unspecified atom stereocenters. The zero-order valence-corrected chi connectivity index (χ0v) is 15.0. The topological polar surface area (TPSA) is 70.5 Å². The molecule has 0 radical (unpaired) electrons. The fraction of sp³-hybridized carbons (Fsp3) is 0.667. The highest BCUT2D eigenvalue weighted by molar-refractivity contribution is 7.98. The average Bonchev–Trinajstić information content (AvgIpc) is 2.91. The molecule has 8 heteroatoms. The van der Waals surface area contributed by atoms with Crippen LogP contribution in [-0.4, -0.2) is 64.7 Å². The van der Waals surface area contributed by atoms with Gasteiger partial charge in [-0.3, -0.25) is 4.79 Å². The summed E-state index contributed by atoms with van der Waals surface area (Å²) in [5.74, 6) is -0.131. The predicted molar refractivity (Wildman–Crippen MR) is 90.2 cm³/mol. The van der Waals surface area contributed by atoms with Crippen molar-refractivity contribution in [2.24, 2.45) is 13.0 Å². The highest BCUT2D eigenvalue weighted by Crippen LogP contribution is 2.18. The van der Waals surface area contributed by atoms with Crippen molar-refractivity contribution >= 4 is 23.7 Å². The van der Waals surface area contributed by atoms with Crippen molar-refractivity contribution in [3.63, 3.8) is 0 Å². The second-order valence-electron chi connectivity index (χ2n) is 5.98. The van der Waals surface area contributed by atoms with Gasteiger partial charge in [0.25, 0.3) is 0 Å². The fourth-order valence-corrected chi connectivity index (χ4v) is 3.30. The Labute approximate surface area is 141 Å². The van der Waals surface area contributed by atoms with Crippen LogP contribution in [0.4, 0.5) is 4.79 Å². The van der Waals surface area contributed by atoms with Crippen molar-refractivity contribution in [3.8, 4) is 0 Å². The van der Waals surface area contributed by atoms with E-state index in [4.69, 9.17) is 0 Å². The molecule has 3 amide bonds. The first-order valence-corrected chi connectivity index (χ1v) is 8.95. The predicted octanol–water partition coefficient (Wildman–Crippen LogP) is 1.15. The van der Waals surface area contributed by atoms with Gasteiger partial charge in [0.2, 0.25) is 5.91 Å². The Kier molecular flexibility index (Phi) is 5.92. The molecule has 0 aromatic carbocycles. The molecule has 1 aromatic heterocycles. The Morgan fingerprint density at radius 1 is 1.48 bits per heavy atom. The normalized spacial score (nSPS) is 17.9. The minimum atomic E-state index is -0.138. The number of rotatable bonds is 4. The molecular formula is C15H25N5O2S. The van der Waals surface area contributed by atoms with E-state index in [1.165, 1.54) is 0 Å². The minimum absolute atomic E-state index is 0.00755. The molecule has 0 bridgehead atoms. The summed E-state index contributed by atoms with van der Waals surface area (Å²) >= 11 is 1.58. The summed E-state index contributed by atoms with van der Waals surface area (Å²) in [6, 6.07) is -0.0289. The van der Waals surface area contributed by atoms with Crippen LogP contribution in [-0.2, 0) is 18.4 Å². The van der Waals surface area contributed by atoms with Crippen LogP contribution in [0.3, 0.4) is 0 Å². The van der Waals surface area contributed by atoms with Gasteiger partial charge in [0.05, 0.1) is 24.4 Å². The Bertz CT molecular complexity index is 572. The van der Waals surface area contributed by atoms with E-state index in [1.807, 2.05) is 17.9 Å². The quantitative estimate of drug-likeness (QED) is 0.836. The summed E-state index contributed by atoms with van der Waals surface area (Å²) in [6.07, 6.45) is 5.45. The highest BCUT2D eigenvalue weighted by Gasteiger charge is 2.29. The van der Waals surface area contributed by atoms with E-state index in [0.717, 1.165) is 30.2 Å². The molecule has 7 nitrogen and oxygen atoms in total. The van der Waals surface area contributed by atoms with Crippen molar-refractivity contribution in [2.75, 3.05) is 33.4 Å². The standard InChI is InChI=1S/C15H25N5O2S/c1-18(2)15(22)20-7-5-6-11(10-20)13(21)16-8-12-9-17-14(23-4)19(12)3/h9,11H,5-8,10H2,1-4H3,(H,16,21)/t11-/m0/s1. The molecule has 0 aliphatic carbocycles. The van der Waals surface area contributed by atoms with Gasteiger partial charge >= 0.3 is 6.03 Å². The minimum Gasteiger partial charge on any atom is -0.350 e. The maximum atomic E-state index is 12.4. The summed E-state index contributed by atoms with van der Waals surface area (Å²) in [5, 5.41) is 3.90. The monoisotopic (exact) mass is 339 g/mol. The van der Waals surface area contributed by atoms with E-state index in [1.54, 1.807) is 41.9 Å². The van der Waals surface area contributed by atoms with Crippen molar-refractivity contribution in [3.05, 3.63) is 11.9 Å². The third-order valence-corrected chi connectivity index (χ3v) is 4.86. The molecule has 1 saturated heterocycles. The Balaban J connectivity index is 1.90. The molecule has 1 N–H and O–H groups in total. The third kappa shape index (κ3) is 4.19. The van der Waals surface area contributed by atoms with Gasteiger partial charge < -0.3 is 19.7 Å². The Morgan fingerprint density at radius 2 is 2.22 bits per heavy atom. The average molecular weight is 339 g/mol. The number of carbonyl (C=O) groups excluding carboxylic acids is 2. The van der Waals surface area contributed by atoms with Crippen molar-refractivity contribution < 1.29 is 9.59 Å². The maximum absolute atomic E-state index is 12.4. The van der Waals surface area contributed by atoms with Crippen molar-refractivity contribution in [1.82, 2.24) is 24.7 Å². The van der Waals surface area contributed by atoms with Crippen LogP contribution in [0.25, 0.3) is 0 Å². The van der Waals surface area contributed by atoms with E-state index in [2.05, 4.69) is 10.3 Å². The van der Waals surface area contributed by atoms with Crippen molar-refractivity contribution in [2.45, 2.75) is 24.5 Å². The van der Waals surface area contributed by atoms with Crippen LogP contribution in [0, 0.1) is 5.92 Å². The SMILES string of the molecule is CSc1ncc(CNC(=O)[C@H]2CCCN(C(=O)N(C)C)C2)n1C. The number of nitrogens with one attached hydrogen (secondary N) is 1. The number of carbonyl (C=O) groups is 2. The molecule has 1 aliphatic rings. The lowest BCUT2D eigenvalue weighted by Crippen LogP contribution is -2.48. The first kappa shape index (κ1) is 17.7. The van der Waals surface area contributed by atoms with Crippen LogP contribution < -0.4 is 5.32 Å². The number of hydrogen-bond acceptors (Lipinski definition) is 4. The molecule has 2 heterocycles. The van der Waals surface area contributed by atoms with Gasteiger partial charge in [-0.1, -0.05) is 11.8 Å². The van der Waals surface area contributed by atoms with Crippen LogP contribution in [0.5, 0.6) is 0 Å². The molecule has 0 spiro atoms. The summed E-state index contributed by atoms with van der Waals surface area (Å²) < 4.78 is 1.98. The molecule has 23 heavy (non-hydrogen) atoms. The van der Waals surface area contributed by atoms with E-state index in [-0.39, 0.29) is 17.9 Å². The van der Waals surface area contributed by atoms with Gasteiger partial charge in [-0.25, -0.2) is 9.78 Å². The number of piperidine rings is 1. The molecule has 1 aromatic rings. The fourth-order valence-electron chi connectivity index (χ4n) is 2.75. The molecule has 1 fully saturated rings. The molecule has 2 rings (SSSR count). The van der Waals surface area contributed by atoms with E-state index in [9.17, 15) is 9.59 Å². The molecule has 1 aliphatic heterocycles. The number of hydrogen-bond donors (Lipinski definition) is 1. The zero-order valence-electron chi connectivity index (χ0n) is 14.2. The van der Waals surface area contributed by atoms with Gasteiger partial charge in [0.1, 0.15) is 0 Å². The first-order valence-electron chi connectivity index (χ1n) is 7.72. The number of nitrogens with zero attached hydrogens (tertiary/aromatic N) is 4. The Morgan fingerprint density at radius 3 is 2.83 bits per heavy atom. The molecular weight excluding hydrogens is 314 g/mol. The molecule has 0 saturated carbocycles. The second kappa shape index (κ2) is 7.72. The number of thioether (sulfide) groups is 1. The molecule has 128 valence electrons. The van der Waals surface area contributed by atoms with Gasteiger partial charge in [-0.2, -0.15) is 0 Å². The second-order valence-corrected chi connectivity index (χ2v) is 6.75. The van der Waals surface area contributed by atoms with Crippen LogP contribution in [0.15, 0.2) is 11.4 Å². The summed E-state index contributed by atoms with van der Waals surface area (Å²) in [4.78, 5) is 32.0. The van der Waals surface area contributed by atoms with Crippen LogP contribution in [0.2, 0.25) is 0 Å². The lowest BCUT2D eigenvalue weighted by Gasteiger charge is -2.33. The number of amides is 3. The van der Waals surface area contributed by atoms with Gasteiger partial charge in [0, 0.05) is 34.2 Å². The van der Waals surface area contributed by atoms with E-state index in [0.29, 0.717) is 13.1 Å². The van der Waals surface area contributed by atoms with Crippen LogP contribution in [0.1, 0.15) is 18.5 Å². The maximum Gasteiger partial charge on any atom is 0.319 e. The van der Waals surface area contributed by atoms with Gasteiger partial charge in [-0.15, -0.1) is 0 Å². The third-order valence-electron chi connectivity index (χ3n) is 4.11. The van der Waals surface area contributed by atoms with Gasteiger partial charge in [0.15, 0.2) is 5.16 Å². The van der Waals surface area contributed by atoms with Gasteiger partial charge in [-0.05, 0) is 19.1 Å². The van der Waals surface area contributed by atoms with Crippen molar-refractivity contribution in [1.29, 1.82) is 0 Å². The largest absolute Gasteiger partial charge is 0.350 e. The molecule has 1 atom stereocenters. The Hall–Kier alpha value is -1.70. The number of likely N-dealkylation sites (tertiary alicyclic amines) is 1. The lowest BCUT2D eigenvalue weighted by molar-refractivity contribution is -0.126. The number of aromatic nitrogens is 2. The smallest absolute Gasteiger partial charge is 0.319 e. The van der Waals surface area contributed by atoms with Crippen LogP contribution >= 0.6 is 11.8 Å². The first-order chi connectivity index (χ1) is 10.9.